The summed E-state index contributed by atoms with van der Waals surface area (Å²) in [7, 11) is 0. The van der Waals surface area contributed by atoms with E-state index in [0.717, 1.165) is 13.3 Å². The first-order chi connectivity index (χ1) is 12.8. The first-order valence-electron chi connectivity index (χ1n) is 7.48. The summed E-state index contributed by atoms with van der Waals surface area (Å²) in [4.78, 5) is 6.00. The Hall–Kier alpha value is -0.550. The molecule has 2 heterocycles. The predicted molar refractivity (Wildman–Crippen MR) is 108 cm³/mol. The Bertz CT molecular complexity index is 928. The molecule has 2 N–H and O–H groups in total. The molecule has 27 heavy (non-hydrogen) atoms. The molecule has 0 amide bonds. The van der Waals surface area contributed by atoms with Gasteiger partial charge in [-0.15, -0.1) is 0 Å². The normalized spacial score (nSPS) is 12.4. The minimum atomic E-state index is -4.47. The molecule has 0 bridgehead atoms. The first-order valence-corrected chi connectivity index (χ1v) is 14.9. The molecule has 0 radical (unpaired) electrons. The second-order valence-corrected chi connectivity index (χ2v) is 14.2. The summed E-state index contributed by atoms with van der Waals surface area (Å²) in [5, 5.41) is 8.16. The Kier molecular flexibility index (Phi) is 6.94. The Morgan fingerprint density at radius 2 is 1.93 bits per heavy atom. The van der Waals surface area contributed by atoms with Gasteiger partial charge in [-0.25, -0.2) is 0 Å². The molecule has 3 rings (SSSR count). The number of rotatable bonds is 5. The fraction of sp³-hybridized carbons (Fsp3) is 0.188. The number of aromatic nitrogens is 4. The van der Waals surface area contributed by atoms with Gasteiger partial charge in [-0.3, -0.25) is 0 Å². The van der Waals surface area contributed by atoms with Crippen molar-refractivity contribution in [1.82, 2.24) is 18.2 Å². The van der Waals surface area contributed by atoms with Gasteiger partial charge < -0.3 is 0 Å². The number of pyridine rings is 1. The van der Waals surface area contributed by atoms with E-state index < -0.39 is 52.9 Å². The molecule has 0 unspecified atom stereocenters. The second-order valence-electron chi connectivity index (χ2n) is 5.32. The third kappa shape index (κ3) is 5.50. The Labute approximate surface area is 185 Å². The molecular weight excluding hydrogens is 700 g/mol. The van der Waals surface area contributed by atoms with Crippen LogP contribution in [0.3, 0.4) is 0 Å². The van der Waals surface area contributed by atoms with Crippen molar-refractivity contribution in [2.45, 2.75) is 12.7 Å². The second kappa shape index (κ2) is 8.86. The number of nitrogens with two attached hydrogens (primary N) is 1. The number of halogens is 6. The van der Waals surface area contributed by atoms with Gasteiger partial charge in [-0.05, 0) is 0 Å². The third-order valence-corrected chi connectivity index (χ3v) is 11.1. The molecule has 0 fully saturated rings. The minimum absolute atomic E-state index is 0.0581. The van der Waals surface area contributed by atoms with Crippen molar-refractivity contribution in [1.29, 1.82) is 0 Å². The van der Waals surface area contributed by atoms with E-state index in [9.17, 15) is 13.2 Å². The van der Waals surface area contributed by atoms with Crippen molar-refractivity contribution < 1.29 is 34.4 Å². The molecule has 0 aliphatic rings. The van der Waals surface area contributed by atoms with E-state index in [4.69, 9.17) is 5.73 Å². The van der Waals surface area contributed by atoms with E-state index in [2.05, 4.69) is 43.1 Å². The number of hydrogen-bond acceptors (Lipinski definition) is 4. The molecule has 0 aliphatic heterocycles. The van der Waals surface area contributed by atoms with Crippen LogP contribution < -0.4 is 26.9 Å². The fourth-order valence-electron chi connectivity index (χ4n) is 2.12. The van der Waals surface area contributed by atoms with Gasteiger partial charge in [0.1, 0.15) is 0 Å². The van der Waals surface area contributed by atoms with Crippen LogP contribution in [-0.4, -0.2) is 23.1 Å². The van der Waals surface area contributed by atoms with Gasteiger partial charge in [0.2, 0.25) is 0 Å². The van der Waals surface area contributed by atoms with E-state index in [-0.39, 0.29) is 6.54 Å². The zero-order valence-corrected chi connectivity index (χ0v) is 20.4. The van der Waals surface area contributed by atoms with Crippen molar-refractivity contribution in [2.24, 2.45) is 5.73 Å². The first kappa shape index (κ1) is 21.2. The van der Waals surface area contributed by atoms with Gasteiger partial charge >= 0.3 is 187 Å². The fourth-order valence-corrected chi connectivity index (χ4v) is 8.49. The zero-order chi connectivity index (χ0) is 19.6. The van der Waals surface area contributed by atoms with Crippen LogP contribution in [0.5, 0.6) is 0 Å². The van der Waals surface area contributed by atoms with E-state index in [1.54, 1.807) is 8.96 Å². The average Bonchev–Trinajstić information content (AvgIpc) is 3.07. The Morgan fingerprint density at radius 3 is 2.48 bits per heavy atom. The maximum absolute atomic E-state index is 13.0. The van der Waals surface area contributed by atoms with Crippen LogP contribution in [-0.2, 0) is 12.7 Å². The van der Waals surface area contributed by atoms with Crippen LogP contribution in [0.25, 0.3) is 0 Å². The Balaban J connectivity index is 1.80. The molecule has 11 heteroatoms. The summed E-state index contributed by atoms with van der Waals surface area (Å²) in [5.74, 6) is 0. The molecule has 0 saturated carbocycles. The van der Waals surface area contributed by atoms with Crippen molar-refractivity contribution in [3.8, 4) is 0 Å². The maximum atomic E-state index is 13.0. The summed E-state index contributed by atoms with van der Waals surface area (Å²) in [6, 6.07) is 10.7. The standard InChI is InChI=1S/C16H14F3I3N5/c1-22(15-9-27(20)26-25-15)12-4-2-11(3-5-12)21-14-7-10(8-23)6-13(24-14)16(17,18)19/h2-7,9H,8,23H2,1H3/q-1. The SMILES string of the molecule is CI(c1ccc([I-]c2cc(CN)cc(C(F)(F)F)n2)cc1)c1cn(I)nn1. The van der Waals surface area contributed by atoms with Crippen molar-refractivity contribution in [3.63, 3.8) is 0 Å². The van der Waals surface area contributed by atoms with Crippen LogP contribution in [0, 0.1) is 14.5 Å². The van der Waals surface area contributed by atoms with E-state index in [0.29, 0.717) is 9.26 Å². The van der Waals surface area contributed by atoms with Gasteiger partial charge in [0.25, 0.3) is 0 Å². The van der Waals surface area contributed by atoms with E-state index >= 15 is 0 Å². The Morgan fingerprint density at radius 1 is 1.22 bits per heavy atom. The topological polar surface area (TPSA) is 69.6 Å². The van der Waals surface area contributed by atoms with Crippen LogP contribution in [0.4, 0.5) is 13.2 Å². The quantitative estimate of drug-likeness (QED) is 0.240. The van der Waals surface area contributed by atoms with Gasteiger partial charge in [-0.1, -0.05) is 0 Å². The zero-order valence-electron chi connectivity index (χ0n) is 13.9. The van der Waals surface area contributed by atoms with E-state index in [1.165, 1.54) is 3.57 Å². The number of benzene rings is 1. The number of alkyl halides is 4. The van der Waals surface area contributed by atoms with E-state index in [1.807, 2.05) is 30.5 Å². The molecule has 146 valence electrons. The van der Waals surface area contributed by atoms with Gasteiger partial charge in [0.05, 0.1) is 0 Å². The van der Waals surface area contributed by atoms with Gasteiger partial charge in [0, 0.05) is 0 Å². The summed E-state index contributed by atoms with van der Waals surface area (Å²) in [6.45, 7) is 0.0581. The van der Waals surface area contributed by atoms with Crippen LogP contribution in [0.1, 0.15) is 11.3 Å². The average molecular weight is 714 g/mol. The van der Waals surface area contributed by atoms with Crippen LogP contribution >= 0.6 is 42.7 Å². The molecule has 3 aromatic rings. The number of nitrogens with zero attached hydrogens (tertiary/aromatic N) is 4. The summed E-state index contributed by atoms with van der Waals surface area (Å²) >= 11 is -0.371. The molecule has 2 aromatic heterocycles. The van der Waals surface area contributed by atoms with Gasteiger partial charge in [-0.2, -0.15) is 0 Å². The molecule has 0 aliphatic carbocycles. The molecule has 1 aromatic carbocycles. The molecule has 0 saturated heterocycles. The van der Waals surface area contributed by atoms with Crippen LogP contribution in [0.2, 0.25) is 0 Å². The van der Waals surface area contributed by atoms with Crippen molar-refractivity contribution in [3.05, 3.63) is 68.4 Å². The molecular formula is C16H14F3I3N5-. The molecule has 0 spiro atoms. The van der Waals surface area contributed by atoms with Crippen molar-refractivity contribution in [2.75, 3.05) is 4.93 Å². The summed E-state index contributed by atoms with van der Waals surface area (Å²) in [5.41, 5.74) is 5.12. The van der Waals surface area contributed by atoms with Crippen LogP contribution in [0.15, 0.2) is 42.6 Å². The monoisotopic (exact) mass is 714 g/mol. The van der Waals surface area contributed by atoms with Gasteiger partial charge in [0.15, 0.2) is 0 Å². The van der Waals surface area contributed by atoms with Crippen molar-refractivity contribution >= 4 is 42.7 Å². The third-order valence-electron chi connectivity index (χ3n) is 3.45. The summed E-state index contributed by atoms with van der Waals surface area (Å²) < 4.78 is 44.5. The molecule has 0 atom stereocenters. The summed E-state index contributed by atoms with van der Waals surface area (Å²) in [6.07, 6.45) is -2.54. The number of hydrogen-bond donors (Lipinski definition) is 1. The molecule has 5 nitrogen and oxygen atoms in total. The predicted octanol–water partition coefficient (Wildman–Crippen LogP) is 0.653.